The van der Waals surface area contributed by atoms with E-state index in [0.29, 0.717) is 12.0 Å². The number of benzene rings is 2. The average Bonchev–Trinajstić information content (AvgIpc) is 2.48. The van der Waals surface area contributed by atoms with E-state index in [0.717, 1.165) is 17.5 Å². The van der Waals surface area contributed by atoms with Crippen LogP contribution in [0.5, 0.6) is 0 Å². The van der Waals surface area contributed by atoms with E-state index in [9.17, 15) is 5.11 Å². The van der Waals surface area contributed by atoms with Crippen molar-refractivity contribution in [1.29, 1.82) is 5.26 Å². The van der Waals surface area contributed by atoms with Gasteiger partial charge in [0, 0.05) is 6.42 Å². The van der Waals surface area contributed by atoms with Crippen LogP contribution in [0.3, 0.4) is 0 Å². The minimum absolute atomic E-state index is 0.534. The van der Waals surface area contributed by atoms with Crippen molar-refractivity contribution in [1.82, 2.24) is 0 Å². The highest BCUT2D eigenvalue weighted by molar-refractivity contribution is 5.36. The molecule has 0 aromatic heterocycles. The van der Waals surface area contributed by atoms with Gasteiger partial charge in [0.15, 0.2) is 0 Å². The summed E-state index contributed by atoms with van der Waals surface area (Å²) >= 11 is 0. The van der Waals surface area contributed by atoms with Gasteiger partial charge in [-0.1, -0.05) is 43.3 Å². The highest BCUT2D eigenvalue weighted by atomic mass is 16.3. The van der Waals surface area contributed by atoms with E-state index in [1.165, 1.54) is 5.56 Å². The van der Waals surface area contributed by atoms with Crippen LogP contribution in [0.15, 0.2) is 48.5 Å². The topological polar surface area (TPSA) is 44.0 Å². The Labute approximate surface area is 120 Å². The van der Waals surface area contributed by atoms with Crippen LogP contribution in [0, 0.1) is 11.3 Å². The van der Waals surface area contributed by atoms with E-state index in [4.69, 9.17) is 5.26 Å². The second-order valence-electron chi connectivity index (χ2n) is 5.31. The molecule has 0 fully saturated rings. The summed E-state index contributed by atoms with van der Waals surface area (Å²) in [6.45, 7) is 3.91. The fourth-order valence-corrected chi connectivity index (χ4v) is 2.32. The standard InChI is InChI=1S/C18H19NO/c1-3-14-7-9-15(10-8-14)12-18(2,20)17-6-4-5-16(11-17)13-19/h4-11,20H,3,12H2,1-2H3. The molecule has 2 rings (SSSR count). The number of hydrogen-bond acceptors (Lipinski definition) is 2. The molecule has 0 aliphatic carbocycles. The Bertz CT molecular complexity index is 621. The van der Waals surface area contributed by atoms with Crippen molar-refractivity contribution in [3.05, 3.63) is 70.8 Å². The van der Waals surface area contributed by atoms with Crippen molar-refractivity contribution < 1.29 is 5.11 Å². The van der Waals surface area contributed by atoms with E-state index in [2.05, 4.69) is 37.3 Å². The lowest BCUT2D eigenvalue weighted by Crippen LogP contribution is -2.24. The highest BCUT2D eigenvalue weighted by Crippen LogP contribution is 2.26. The number of aliphatic hydroxyl groups is 1. The van der Waals surface area contributed by atoms with Crippen LogP contribution in [0.2, 0.25) is 0 Å². The highest BCUT2D eigenvalue weighted by Gasteiger charge is 2.23. The summed E-state index contributed by atoms with van der Waals surface area (Å²) in [5.74, 6) is 0. The minimum Gasteiger partial charge on any atom is -0.385 e. The zero-order valence-corrected chi connectivity index (χ0v) is 11.9. The zero-order chi connectivity index (χ0) is 14.6. The van der Waals surface area contributed by atoms with Crippen LogP contribution in [0.1, 0.15) is 36.1 Å². The first-order chi connectivity index (χ1) is 9.55. The summed E-state index contributed by atoms with van der Waals surface area (Å²) in [5.41, 5.74) is 2.76. The van der Waals surface area contributed by atoms with Crippen LogP contribution in [0.4, 0.5) is 0 Å². The predicted octanol–water partition coefficient (Wildman–Crippen LogP) is 3.57. The maximum absolute atomic E-state index is 10.7. The molecule has 1 atom stereocenters. The van der Waals surface area contributed by atoms with Crippen molar-refractivity contribution in [2.45, 2.75) is 32.3 Å². The van der Waals surface area contributed by atoms with Crippen molar-refractivity contribution in [2.75, 3.05) is 0 Å². The van der Waals surface area contributed by atoms with Crippen molar-refractivity contribution in [3.63, 3.8) is 0 Å². The lowest BCUT2D eigenvalue weighted by atomic mass is 9.88. The molecule has 0 saturated carbocycles. The lowest BCUT2D eigenvalue weighted by molar-refractivity contribution is 0.0576. The third kappa shape index (κ3) is 3.26. The van der Waals surface area contributed by atoms with Gasteiger partial charge < -0.3 is 5.11 Å². The summed E-state index contributed by atoms with van der Waals surface area (Å²) in [7, 11) is 0. The van der Waals surface area contributed by atoms with Crippen LogP contribution < -0.4 is 0 Å². The maximum atomic E-state index is 10.7. The van der Waals surface area contributed by atoms with E-state index >= 15 is 0 Å². The van der Waals surface area contributed by atoms with Gasteiger partial charge in [-0.2, -0.15) is 5.26 Å². The summed E-state index contributed by atoms with van der Waals surface area (Å²) in [5, 5.41) is 19.6. The van der Waals surface area contributed by atoms with Gasteiger partial charge in [-0.25, -0.2) is 0 Å². The fourth-order valence-electron chi connectivity index (χ4n) is 2.32. The van der Waals surface area contributed by atoms with Crippen LogP contribution >= 0.6 is 0 Å². The van der Waals surface area contributed by atoms with Gasteiger partial charge in [0.2, 0.25) is 0 Å². The Morgan fingerprint density at radius 1 is 1.10 bits per heavy atom. The average molecular weight is 265 g/mol. The molecular formula is C18H19NO. The first-order valence-corrected chi connectivity index (χ1v) is 6.86. The first-order valence-electron chi connectivity index (χ1n) is 6.86. The molecule has 2 nitrogen and oxygen atoms in total. The number of nitrogens with zero attached hydrogens (tertiary/aromatic N) is 1. The second-order valence-corrected chi connectivity index (χ2v) is 5.31. The maximum Gasteiger partial charge on any atom is 0.0991 e. The molecule has 102 valence electrons. The van der Waals surface area contributed by atoms with Gasteiger partial charge in [0.1, 0.15) is 0 Å². The molecule has 2 aromatic rings. The third-order valence-electron chi connectivity index (χ3n) is 3.59. The second kappa shape index (κ2) is 5.90. The van der Waals surface area contributed by atoms with Gasteiger partial charge in [-0.3, -0.25) is 0 Å². The van der Waals surface area contributed by atoms with Gasteiger partial charge in [-0.15, -0.1) is 0 Å². The molecule has 0 amide bonds. The Kier molecular flexibility index (Phi) is 4.22. The molecule has 1 unspecified atom stereocenters. The zero-order valence-electron chi connectivity index (χ0n) is 11.9. The SMILES string of the molecule is CCc1ccc(CC(C)(O)c2cccc(C#N)c2)cc1. The Morgan fingerprint density at radius 3 is 2.35 bits per heavy atom. The summed E-state index contributed by atoms with van der Waals surface area (Å²) in [6.07, 6.45) is 1.55. The number of rotatable bonds is 4. The number of aryl methyl sites for hydroxylation is 1. The fraction of sp³-hybridized carbons (Fsp3) is 0.278. The first kappa shape index (κ1) is 14.3. The van der Waals surface area contributed by atoms with Crippen molar-refractivity contribution in [2.24, 2.45) is 0 Å². The van der Waals surface area contributed by atoms with E-state index < -0.39 is 5.60 Å². The smallest absolute Gasteiger partial charge is 0.0991 e. The molecule has 0 aliphatic rings. The molecule has 0 saturated heterocycles. The third-order valence-corrected chi connectivity index (χ3v) is 3.59. The monoisotopic (exact) mass is 265 g/mol. The Balaban J connectivity index is 2.23. The van der Waals surface area contributed by atoms with Crippen LogP contribution in [0.25, 0.3) is 0 Å². The van der Waals surface area contributed by atoms with Crippen molar-refractivity contribution in [3.8, 4) is 6.07 Å². The van der Waals surface area contributed by atoms with E-state index in [1.54, 1.807) is 19.1 Å². The summed E-state index contributed by atoms with van der Waals surface area (Å²) in [4.78, 5) is 0. The quantitative estimate of drug-likeness (QED) is 0.918. The predicted molar refractivity (Wildman–Crippen MR) is 80.3 cm³/mol. The van der Waals surface area contributed by atoms with Gasteiger partial charge in [-0.05, 0) is 42.2 Å². The lowest BCUT2D eigenvalue weighted by Gasteiger charge is -2.24. The van der Waals surface area contributed by atoms with Gasteiger partial charge in [0.05, 0.1) is 17.2 Å². The molecule has 0 aliphatic heterocycles. The van der Waals surface area contributed by atoms with Crippen molar-refractivity contribution >= 4 is 0 Å². The molecule has 0 radical (unpaired) electrons. The Hall–Kier alpha value is -2.11. The van der Waals surface area contributed by atoms with Crippen LogP contribution in [-0.2, 0) is 18.4 Å². The molecule has 0 heterocycles. The van der Waals surface area contributed by atoms with E-state index in [1.807, 2.05) is 12.1 Å². The largest absolute Gasteiger partial charge is 0.385 e. The minimum atomic E-state index is -0.972. The molecular weight excluding hydrogens is 246 g/mol. The molecule has 20 heavy (non-hydrogen) atoms. The van der Waals surface area contributed by atoms with Gasteiger partial charge >= 0.3 is 0 Å². The molecule has 2 aromatic carbocycles. The number of nitriles is 1. The molecule has 0 bridgehead atoms. The molecule has 1 N–H and O–H groups in total. The number of hydrogen-bond donors (Lipinski definition) is 1. The summed E-state index contributed by atoms with van der Waals surface area (Å²) < 4.78 is 0. The Morgan fingerprint density at radius 2 is 1.75 bits per heavy atom. The molecule has 2 heteroatoms. The normalized spacial score (nSPS) is 13.5. The van der Waals surface area contributed by atoms with Gasteiger partial charge in [0.25, 0.3) is 0 Å². The molecule has 0 spiro atoms. The van der Waals surface area contributed by atoms with Crippen LogP contribution in [-0.4, -0.2) is 5.11 Å². The van der Waals surface area contributed by atoms with E-state index in [-0.39, 0.29) is 0 Å². The summed E-state index contributed by atoms with van der Waals surface area (Å²) in [6, 6.07) is 17.6.